The molecule has 0 aromatic heterocycles. The zero-order valence-electron chi connectivity index (χ0n) is 12.2. The van der Waals surface area contributed by atoms with E-state index in [2.05, 4.69) is 0 Å². The third kappa shape index (κ3) is 6.05. The molecule has 2 aliphatic carbocycles. The van der Waals surface area contributed by atoms with E-state index >= 15 is 0 Å². The Balaban J connectivity index is 1.71. The molecule has 0 spiro atoms. The topological polar surface area (TPSA) is 0 Å². The van der Waals surface area contributed by atoms with Gasteiger partial charge in [0.15, 0.2) is 0 Å². The fourth-order valence-electron chi connectivity index (χ4n) is 3.64. The van der Waals surface area contributed by atoms with Gasteiger partial charge in [0.1, 0.15) is 0 Å². The average molecular weight is 267 g/mol. The first-order chi connectivity index (χ1) is 8.95. The van der Waals surface area contributed by atoms with Crippen molar-refractivity contribution < 1.29 is 0 Å². The van der Waals surface area contributed by atoms with Crippen LogP contribution in [0.25, 0.3) is 0 Å². The highest BCUT2D eigenvalue weighted by atomic mass is 31.1. The van der Waals surface area contributed by atoms with Crippen LogP contribution in [0, 0.1) is 0 Å². The van der Waals surface area contributed by atoms with Gasteiger partial charge >= 0.3 is 0 Å². The zero-order valence-corrected chi connectivity index (χ0v) is 13.1. The van der Waals surface area contributed by atoms with Crippen LogP contribution < -0.4 is 0 Å². The highest BCUT2D eigenvalue weighted by Crippen LogP contribution is 2.40. The molecule has 2 saturated carbocycles. The SMILES string of the molecule is C1CCCCCC([P]C2CCCCC2)CCCC1. The van der Waals surface area contributed by atoms with E-state index in [1.165, 1.54) is 96.3 Å². The minimum absolute atomic E-state index is 1.06. The molecular formula is C17H32P. The third-order valence-corrected chi connectivity index (χ3v) is 6.70. The molecule has 0 atom stereocenters. The molecule has 18 heavy (non-hydrogen) atoms. The molecule has 0 amide bonds. The normalized spacial score (nSPS) is 27.3. The molecule has 1 radical (unpaired) electrons. The van der Waals surface area contributed by atoms with Crippen molar-refractivity contribution in [2.45, 2.75) is 108 Å². The maximum atomic E-state index is 1.85. The predicted molar refractivity (Wildman–Crippen MR) is 83.8 cm³/mol. The Kier molecular flexibility index (Phi) is 7.71. The first-order valence-corrected chi connectivity index (χ1v) is 9.68. The van der Waals surface area contributed by atoms with Gasteiger partial charge in [-0.25, -0.2) is 0 Å². The van der Waals surface area contributed by atoms with E-state index in [-0.39, 0.29) is 0 Å². The lowest BCUT2D eigenvalue weighted by Crippen LogP contribution is -2.12. The summed E-state index contributed by atoms with van der Waals surface area (Å²) in [7, 11) is 1.85. The summed E-state index contributed by atoms with van der Waals surface area (Å²) in [6.45, 7) is 0. The van der Waals surface area contributed by atoms with Gasteiger partial charge in [-0.3, -0.25) is 0 Å². The summed E-state index contributed by atoms with van der Waals surface area (Å²) in [5, 5.41) is 0. The van der Waals surface area contributed by atoms with E-state index in [9.17, 15) is 0 Å². The van der Waals surface area contributed by atoms with Gasteiger partial charge in [-0.15, -0.1) is 0 Å². The Morgan fingerprint density at radius 3 is 1.06 bits per heavy atom. The Morgan fingerprint density at radius 2 is 0.667 bits per heavy atom. The fourth-order valence-corrected chi connectivity index (χ4v) is 5.57. The quantitative estimate of drug-likeness (QED) is 0.498. The first kappa shape index (κ1) is 14.8. The van der Waals surface area contributed by atoms with Crippen molar-refractivity contribution in [3.63, 3.8) is 0 Å². The van der Waals surface area contributed by atoms with Crippen LogP contribution in [0.1, 0.15) is 96.3 Å². The lowest BCUT2D eigenvalue weighted by molar-refractivity contribution is 0.507. The third-order valence-electron chi connectivity index (χ3n) is 4.82. The van der Waals surface area contributed by atoms with Gasteiger partial charge in [-0.2, -0.15) is 0 Å². The fraction of sp³-hybridized carbons (Fsp3) is 1.00. The second-order valence-electron chi connectivity index (χ2n) is 6.50. The smallest absolute Gasteiger partial charge is 0.0168 e. The van der Waals surface area contributed by atoms with Gasteiger partial charge in [0.25, 0.3) is 0 Å². The summed E-state index contributed by atoms with van der Waals surface area (Å²) in [6.07, 6.45) is 22.8. The minimum Gasteiger partial charge on any atom is -0.0741 e. The monoisotopic (exact) mass is 267 g/mol. The molecule has 2 fully saturated rings. The highest BCUT2D eigenvalue weighted by molar-refractivity contribution is 7.39. The minimum atomic E-state index is 1.06. The van der Waals surface area contributed by atoms with E-state index in [0.29, 0.717) is 0 Å². The first-order valence-electron chi connectivity index (χ1n) is 8.65. The Labute approximate surface area is 116 Å². The summed E-state index contributed by atoms with van der Waals surface area (Å²) in [6, 6.07) is 0. The molecule has 0 unspecified atom stereocenters. The molecule has 0 saturated heterocycles. The van der Waals surface area contributed by atoms with Gasteiger partial charge in [0.2, 0.25) is 0 Å². The molecule has 0 aliphatic heterocycles. The standard InChI is InChI=1S/C17H32P/c1-2-4-6-9-13-16(12-8-5-3-1)18-17-14-10-7-11-15-17/h16-17H,1-15H2. The number of hydrogen-bond acceptors (Lipinski definition) is 0. The number of rotatable bonds is 2. The largest absolute Gasteiger partial charge is 0.0741 e. The van der Waals surface area contributed by atoms with Gasteiger partial charge in [0.05, 0.1) is 0 Å². The number of hydrogen-bond donors (Lipinski definition) is 0. The van der Waals surface area contributed by atoms with Crippen LogP contribution in [0.2, 0.25) is 0 Å². The van der Waals surface area contributed by atoms with Crippen LogP contribution in [-0.2, 0) is 0 Å². The molecule has 0 aromatic carbocycles. The van der Waals surface area contributed by atoms with Gasteiger partial charge in [-0.1, -0.05) is 79.2 Å². The second kappa shape index (κ2) is 9.35. The Morgan fingerprint density at radius 1 is 0.389 bits per heavy atom. The molecule has 105 valence electrons. The van der Waals surface area contributed by atoms with Gasteiger partial charge in [0, 0.05) is 0 Å². The van der Waals surface area contributed by atoms with Crippen molar-refractivity contribution in [2.24, 2.45) is 0 Å². The summed E-state index contributed by atoms with van der Waals surface area (Å²) in [5.41, 5.74) is 2.14. The predicted octanol–water partition coefficient (Wildman–Crippen LogP) is 6.55. The lowest BCUT2D eigenvalue weighted by atomic mass is 10.0. The van der Waals surface area contributed by atoms with E-state index in [1.807, 2.05) is 8.58 Å². The van der Waals surface area contributed by atoms with Crippen LogP contribution in [-0.4, -0.2) is 11.3 Å². The lowest BCUT2D eigenvalue weighted by Gasteiger charge is -2.26. The molecule has 2 aliphatic rings. The maximum Gasteiger partial charge on any atom is -0.0168 e. The molecule has 2 rings (SSSR count). The van der Waals surface area contributed by atoms with Crippen LogP contribution in [0.5, 0.6) is 0 Å². The van der Waals surface area contributed by atoms with Crippen molar-refractivity contribution in [2.75, 3.05) is 0 Å². The summed E-state index contributed by atoms with van der Waals surface area (Å²) in [4.78, 5) is 0. The van der Waals surface area contributed by atoms with Crippen molar-refractivity contribution in [1.29, 1.82) is 0 Å². The molecular weight excluding hydrogens is 235 g/mol. The summed E-state index contributed by atoms with van der Waals surface area (Å²) >= 11 is 0. The van der Waals surface area contributed by atoms with Crippen molar-refractivity contribution >= 4 is 8.58 Å². The van der Waals surface area contributed by atoms with Crippen LogP contribution in [0.3, 0.4) is 0 Å². The average Bonchev–Trinajstić information content (AvgIpc) is 2.46. The molecule has 0 aromatic rings. The van der Waals surface area contributed by atoms with Crippen LogP contribution in [0.15, 0.2) is 0 Å². The van der Waals surface area contributed by atoms with E-state index < -0.39 is 0 Å². The van der Waals surface area contributed by atoms with Gasteiger partial charge < -0.3 is 0 Å². The van der Waals surface area contributed by atoms with E-state index in [0.717, 1.165) is 11.3 Å². The van der Waals surface area contributed by atoms with Crippen LogP contribution in [0.4, 0.5) is 0 Å². The molecule has 1 heteroatoms. The maximum absolute atomic E-state index is 1.85. The highest BCUT2D eigenvalue weighted by Gasteiger charge is 2.19. The van der Waals surface area contributed by atoms with E-state index in [1.54, 1.807) is 0 Å². The summed E-state index contributed by atoms with van der Waals surface area (Å²) < 4.78 is 0. The zero-order chi connectivity index (χ0) is 12.5. The Bertz CT molecular complexity index is 184. The van der Waals surface area contributed by atoms with Crippen molar-refractivity contribution in [3.8, 4) is 0 Å². The van der Waals surface area contributed by atoms with Gasteiger partial charge in [-0.05, 0) is 37.0 Å². The van der Waals surface area contributed by atoms with Crippen molar-refractivity contribution in [1.82, 2.24) is 0 Å². The molecule has 0 nitrogen and oxygen atoms in total. The second-order valence-corrected chi connectivity index (χ2v) is 8.26. The van der Waals surface area contributed by atoms with E-state index in [4.69, 9.17) is 0 Å². The molecule has 0 bridgehead atoms. The molecule has 0 heterocycles. The Hall–Kier alpha value is 0.430. The molecule has 0 N–H and O–H groups in total. The van der Waals surface area contributed by atoms with Crippen molar-refractivity contribution in [3.05, 3.63) is 0 Å². The summed E-state index contributed by atoms with van der Waals surface area (Å²) in [5.74, 6) is 0. The van der Waals surface area contributed by atoms with Crippen LogP contribution >= 0.6 is 8.58 Å².